The number of ketones is 1. The molecule has 0 amide bonds. The second kappa shape index (κ2) is 6.83. The van der Waals surface area contributed by atoms with Gasteiger partial charge < -0.3 is 0 Å². The van der Waals surface area contributed by atoms with Gasteiger partial charge in [0.1, 0.15) is 5.78 Å². The van der Waals surface area contributed by atoms with E-state index >= 15 is 0 Å². The number of hydrogen-bond donors (Lipinski definition) is 1. The van der Waals surface area contributed by atoms with Crippen molar-refractivity contribution in [2.45, 2.75) is 39.7 Å². The van der Waals surface area contributed by atoms with E-state index in [0.29, 0.717) is 12.2 Å². The van der Waals surface area contributed by atoms with Crippen molar-refractivity contribution >= 4 is 5.78 Å². The number of benzene rings is 1. The Labute approximate surface area is 117 Å². The Kier molecular flexibility index (Phi) is 5.70. The highest BCUT2D eigenvalue weighted by Crippen LogP contribution is 2.23. The molecule has 1 aromatic carbocycles. The van der Waals surface area contributed by atoms with Gasteiger partial charge in [-0.1, -0.05) is 51.1 Å². The summed E-state index contributed by atoms with van der Waals surface area (Å²) >= 11 is 0. The molecular formula is C16H26N2O. The van der Waals surface area contributed by atoms with Crippen LogP contribution in [0.5, 0.6) is 0 Å². The highest BCUT2D eigenvalue weighted by Gasteiger charge is 2.22. The Bertz CT molecular complexity index is 393. The Morgan fingerprint density at radius 1 is 1.21 bits per heavy atom. The number of nitrogens with zero attached hydrogens (tertiary/aromatic N) is 1. The van der Waals surface area contributed by atoms with Crippen LogP contribution in [-0.2, 0) is 4.79 Å². The van der Waals surface area contributed by atoms with Crippen molar-refractivity contribution in [3.05, 3.63) is 35.9 Å². The van der Waals surface area contributed by atoms with Gasteiger partial charge in [-0.25, -0.2) is 5.43 Å². The normalized spacial score (nSPS) is 13.6. The molecule has 1 atom stereocenters. The van der Waals surface area contributed by atoms with Gasteiger partial charge in [-0.2, -0.15) is 0 Å². The van der Waals surface area contributed by atoms with Gasteiger partial charge in [0.25, 0.3) is 0 Å². The molecule has 0 heterocycles. The zero-order valence-electron chi connectivity index (χ0n) is 12.7. The minimum atomic E-state index is -0.251. The number of carbonyl (C=O) groups excluding carboxylic acids is 1. The Morgan fingerprint density at radius 2 is 1.79 bits per heavy atom. The molecule has 0 aliphatic carbocycles. The van der Waals surface area contributed by atoms with Gasteiger partial charge in [0, 0.05) is 32.0 Å². The molecule has 1 unspecified atom stereocenters. The number of carbonyl (C=O) groups is 1. The van der Waals surface area contributed by atoms with E-state index in [-0.39, 0.29) is 11.5 Å². The molecular weight excluding hydrogens is 236 g/mol. The fourth-order valence-corrected chi connectivity index (χ4v) is 1.95. The Balaban J connectivity index is 2.69. The van der Waals surface area contributed by atoms with Crippen LogP contribution >= 0.6 is 0 Å². The Morgan fingerprint density at radius 3 is 2.26 bits per heavy atom. The Hall–Kier alpha value is -1.19. The molecule has 1 N–H and O–H groups in total. The van der Waals surface area contributed by atoms with Gasteiger partial charge in [0.2, 0.25) is 0 Å². The lowest BCUT2D eigenvalue weighted by molar-refractivity contribution is -0.126. The van der Waals surface area contributed by atoms with Crippen LogP contribution in [0.25, 0.3) is 0 Å². The molecule has 3 heteroatoms. The van der Waals surface area contributed by atoms with E-state index in [1.165, 1.54) is 5.56 Å². The highest BCUT2D eigenvalue weighted by molar-refractivity contribution is 5.83. The fraction of sp³-hybridized carbons (Fsp3) is 0.562. The SMILES string of the molecule is CN(C)NC(CCC(=O)C(C)(C)C)c1ccccc1. The van der Waals surface area contributed by atoms with E-state index in [4.69, 9.17) is 0 Å². The van der Waals surface area contributed by atoms with Crippen LogP contribution in [0.2, 0.25) is 0 Å². The summed E-state index contributed by atoms with van der Waals surface area (Å²) < 4.78 is 0. The van der Waals surface area contributed by atoms with Gasteiger partial charge in [-0.15, -0.1) is 0 Å². The molecule has 1 rings (SSSR count). The predicted octanol–water partition coefficient (Wildman–Crippen LogP) is 3.19. The standard InChI is InChI=1S/C16H26N2O/c1-16(2,3)15(19)12-11-14(17-18(4)5)13-9-7-6-8-10-13/h6-10,14,17H,11-12H2,1-5H3. The van der Waals surface area contributed by atoms with Gasteiger partial charge in [-0.3, -0.25) is 9.80 Å². The summed E-state index contributed by atoms with van der Waals surface area (Å²) in [5, 5.41) is 1.94. The van der Waals surface area contributed by atoms with E-state index < -0.39 is 0 Å². The van der Waals surface area contributed by atoms with Crippen LogP contribution < -0.4 is 5.43 Å². The third-order valence-corrected chi connectivity index (χ3v) is 3.11. The lowest BCUT2D eigenvalue weighted by Gasteiger charge is -2.25. The first kappa shape index (κ1) is 15.9. The van der Waals surface area contributed by atoms with E-state index in [1.807, 2.05) is 58.1 Å². The monoisotopic (exact) mass is 262 g/mol. The summed E-state index contributed by atoms with van der Waals surface area (Å²) in [6.07, 6.45) is 1.42. The molecule has 1 aromatic rings. The van der Waals surface area contributed by atoms with Crippen LogP contribution in [-0.4, -0.2) is 24.9 Å². The maximum absolute atomic E-state index is 12.0. The average molecular weight is 262 g/mol. The van der Waals surface area contributed by atoms with Crippen molar-refractivity contribution in [3.8, 4) is 0 Å². The number of hydrazine groups is 1. The zero-order valence-corrected chi connectivity index (χ0v) is 12.7. The second-order valence-electron chi connectivity index (χ2n) is 6.20. The lowest BCUT2D eigenvalue weighted by Crippen LogP contribution is -2.35. The third-order valence-electron chi connectivity index (χ3n) is 3.11. The first-order valence-corrected chi connectivity index (χ1v) is 6.82. The summed E-state index contributed by atoms with van der Waals surface area (Å²) in [4.78, 5) is 12.0. The molecule has 0 saturated heterocycles. The van der Waals surface area contributed by atoms with Crippen LogP contribution in [0.1, 0.15) is 45.2 Å². The van der Waals surface area contributed by atoms with Crippen LogP contribution in [0, 0.1) is 5.41 Å². The van der Waals surface area contributed by atoms with Crippen molar-refractivity contribution in [1.82, 2.24) is 10.4 Å². The van der Waals surface area contributed by atoms with Crippen molar-refractivity contribution in [2.24, 2.45) is 5.41 Å². The molecule has 0 spiro atoms. The average Bonchev–Trinajstić information content (AvgIpc) is 2.33. The minimum absolute atomic E-state index is 0.183. The third kappa shape index (κ3) is 5.53. The topological polar surface area (TPSA) is 32.3 Å². The highest BCUT2D eigenvalue weighted by atomic mass is 16.1. The molecule has 19 heavy (non-hydrogen) atoms. The summed E-state index contributed by atoms with van der Waals surface area (Å²) in [5.74, 6) is 0.314. The molecule has 0 aliphatic heterocycles. The van der Waals surface area contributed by atoms with Gasteiger partial charge >= 0.3 is 0 Å². The molecule has 0 bridgehead atoms. The van der Waals surface area contributed by atoms with Crippen LogP contribution in [0.15, 0.2) is 30.3 Å². The molecule has 106 valence electrons. The predicted molar refractivity (Wildman–Crippen MR) is 79.7 cm³/mol. The van der Waals surface area contributed by atoms with Crippen molar-refractivity contribution in [2.75, 3.05) is 14.1 Å². The van der Waals surface area contributed by atoms with Gasteiger partial charge in [-0.05, 0) is 12.0 Å². The maximum atomic E-state index is 12.0. The first-order chi connectivity index (χ1) is 8.80. The maximum Gasteiger partial charge on any atom is 0.138 e. The number of hydrogen-bond acceptors (Lipinski definition) is 3. The van der Waals surface area contributed by atoms with Crippen molar-refractivity contribution in [3.63, 3.8) is 0 Å². The van der Waals surface area contributed by atoms with Gasteiger partial charge in [0.05, 0.1) is 0 Å². The van der Waals surface area contributed by atoms with E-state index in [1.54, 1.807) is 0 Å². The largest absolute Gasteiger partial charge is 0.299 e. The summed E-state index contributed by atoms with van der Waals surface area (Å²) in [5.41, 5.74) is 4.35. The molecule has 3 nitrogen and oxygen atoms in total. The number of rotatable bonds is 6. The summed E-state index contributed by atoms with van der Waals surface area (Å²) in [6.45, 7) is 5.94. The lowest BCUT2D eigenvalue weighted by atomic mass is 9.87. The van der Waals surface area contributed by atoms with E-state index in [9.17, 15) is 4.79 Å². The van der Waals surface area contributed by atoms with Crippen LogP contribution in [0.3, 0.4) is 0 Å². The number of nitrogens with one attached hydrogen (secondary N) is 1. The molecule has 0 aliphatic rings. The van der Waals surface area contributed by atoms with Crippen LogP contribution in [0.4, 0.5) is 0 Å². The minimum Gasteiger partial charge on any atom is -0.299 e. The smallest absolute Gasteiger partial charge is 0.138 e. The van der Waals surface area contributed by atoms with Crippen molar-refractivity contribution < 1.29 is 4.79 Å². The second-order valence-corrected chi connectivity index (χ2v) is 6.20. The molecule has 0 fully saturated rings. The molecule has 0 saturated carbocycles. The van der Waals surface area contributed by atoms with E-state index in [0.717, 1.165) is 6.42 Å². The fourth-order valence-electron chi connectivity index (χ4n) is 1.95. The van der Waals surface area contributed by atoms with Gasteiger partial charge in [0.15, 0.2) is 0 Å². The zero-order chi connectivity index (χ0) is 14.5. The molecule has 0 radical (unpaired) electrons. The first-order valence-electron chi connectivity index (χ1n) is 6.82. The van der Waals surface area contributed by atoms with E-state index in [2.05, 4.69) is 17.6 Å². The molecule has 0 aromatic heterocycles. The van der Waals surface area contributed by atoms with Crippen molar-refractivity contribution in [1.29, 1.82) is 0 Å². The number of Topliss-reactive ketones (excluding diaryl/α,β-unsaturated/α-hetero) is 1. The summed E-state index contributed by atoms with van der Waals surface area (Å²) in [7, 11) is 3.95. The quantitative estimate of drug-likeness (QED) is 0.799. The summed E-state index contributed by atoms with van der Waals surface area (Å²) in [6, 6.07) is 10.5.